The average molecular weight is 295 g/mol. The molecule has 5 nitrogen and oxygen atoms in total. The van der Waals surface area contributed by atoms with Crippen molar-refractivity contribution in [1.82, 2.24) is 0 Å². The summed E-state index contributed by atoms with van der Waals surface area (Å²) in [5.41, 5.74) is 1.76. The normalized spacial score (nSPS) is 19.2. The Balaban J connectivity index is 1.87. The number of nitrogens with one attached hydrogen (secondary N) is 1. The van der Waals surface area contributed by atoms with Gasteiger partial charge in [-0.1, -0.05) is 11.6 Å². The highest BCUT2D eigenvalue weighted by Crippen LogP contribution is 2.36. The summed E-state index contributed by atoms with van der Waals surface area (Å²) in [6, 6.07) is 3.36. The van der Waals surface area contributed by atoms with Crippen LogP contribution in [-0.2, 0) is 9.53 Å². The molecule has 1 amide bonds. The van der Waals surface area contributed by atoms with E-state index in [1.807, 2.05) is 0 Å². The first-order chi connectivity index (χ1) is 9.60. The van der Waals surface area contributed by atoms with Crippen LogP contribution < -0.4 is 10.2 Å². The number of hydrogen-bond acceptors (Lipinski definition) is 4. The van der Waals surface area contributed by atoms with Crippen LogP contribution in [0.5, 0.6) is 0 Å². The molecule has 3 rings (SSSR count). The van der Waals surface area contributed by atoms with Crippen molar-refractivity contribution in [2.45, 2.75) is 18.9 Å². The number of anilines is 2. The van der Waals surface area contributed by atoms with Crippen molar-refractivity contribution in [2.24, 2.45) is 0 Å². The molecule has 0 saturated carbocycles. The van der Waals surface area contributed by atoms with E-state index in [9.17, 15) is 9.59 Å². The highest BCUT2D eigenvalue weighted by Gasteiger charge is 2.30. The number of fused-ring (bicyclic) bond motifs is 1. The van der Waals surface area contributed by atoms with E-state index in [1.54, 1.807) is 19.2 Å². The summed E-state index contributed by atoms with van der Waals surface area (Å²) >= 11 is 6.26. The summed E-state index contributed by atoms with van der Waals surface area (Å²) in [7, 11) is 1.73. The van der Waals surface area contributed by atoms with Crippen molar-refractivity contribution in [3.8, 4) is 0 Å². The van der Waals surface area contributed by atoms with Crippen molar-refractivity contribution < 1.29 is 14.3 Å². The quantitative estimate of drug-likeness (QED) is 0.849. The van der Waals surface area contributed by atoms with Gasteiger partial charge in [-0.2, -0.15) is 0 Å². The van der Waals surface area contributed by atoms with Crippen molar-refractivity contribution in [3.05, 3.63) is 22.7 Å². The lowest BCUT2D eigenvalue weighted by atomic mass is 10.1. The Morgan fingerprint density at radius 2 is 2.00 bits per heavy atom. The average Bonchev–Trinajstić information content (AvgIpc) is 2.74. The van der Waals surface area contributed by atoms with Crippen molar-refractivity contribution >= 4 is 34.7 Å². The number of ketones is 1. The summed E-state index contributed by atoms with van der Waals surface area (Å²) in [4.78, 5) is 25.2. The third kappa shape index (κ3) is 2.17. The molecule has 1 aromatic rings. The molecule has 6 heteroatoms. The molecular formula is C14H15ClN2O3. The molecule has 0 radical (unpaired) electrons. The molecule has 0 aromatic heterocycles. The summed E-state index contributed by atoms with van der Waals surface area (Å²) in [6.45, 7) is 1.69. The number of rotatable bonds is 2. The van der Waals surface area contributed by atoms with Gasteiger partial charge in [-0.05, 0) is 25.0 Å². The van der Waals surface area contributed by atoms with E-state index in [0.717, 1.165) is 31.6 Å². The first kappa shape index (κ1) is 13.4. The molecule has 0 atom stereocenters. The Hall–Kier alpha value is -1.59. The SMILES string of the molecule is COC1CCN(c2cc3c(cc2Cl)C(=O)C(=O)N3)CC1. The van der Waals surface area contributed by atoms with Gasteiger partial charge in [-0.25, -0.2) is 0 Å². The van der Waals surface area contributed by atoms with Crippen LogP contribution in [0.2, 0.25) is 5.02 Å². The number of halogens is 1. The third-order valence-corrected chi connectivity index (χ3v) is 4.20. The fourth-order valence-corrected chi connectivity index (χ4v) is 3.01. The van der Waals surface area contributed by atoms with Crippen LogP contribution in [0.15, 0.2) is 12.1 Å². The van der Waals surface area contributed by atoms with E-state index in [4.69, 9.17) is 16.3 Å². The Kier molecular flexibility index (Phi) is 3.40. The number of piperidine rings is 1. The number of hydrogen-bond donors (Lipinski definition) is 1. The lowest BCUT2D eigenvalue weighted by Crippen LogP contribution is -2.36. The predicted molar refractivity (Wildman–Crippen MR) is 76.7 cm³/mol. The minimum atomic E-state index is -0.591. The van der Waals surface area contributed by atoms with Crippen LogP contribution in [0, 0.1) is 0 Å². The van der Waals surface area contributed by atoms with E-state index < -0.39 is 11.7 Å². The molecule has 0 unspecified atom stereocenters. The Morgan fingerprint density at radius 3 is 2.65 bits per heavy atom. The molecule has 2 heterocycles. The third-order valence-electron chi connectivity index (χ3n) is 3.90. The summed E-state index contributed by atoms with van der Waals surface area (Å²) < 4.78 is 5.35. The molecule has 0 aliphatic carbocycles. The van der Waals surface area contributed by atoms with Crippen LogP contribution in [0.25, 0.3) is 0 Å². The van der Waals surface area contributed by atoms with Gasteiger partial charge in [0.05, 0.1) is 28.1 Å². The molecule has 0 bridgehead atoms. The van der Waals surface area contributed by atoms with Crippen molar-refractivity contribution in [3.63, 3.8) is 0 Å². The predicted octanol–water partition coefficient (Wildman–Crippen LogP) is 2.09. The smallest absolute Gasteiger partial charge is 0.296 e. The number of ether oxygens (including phenoxy) is 1. The van der Waals surface area contributed by atoms with Crippen LogP contribution in [-0.4, -0.2) is 38.0 Å². The monoisotopic (exact) mass is 294 g/mol. The summed E-state index contributed by atoms with van der Waals surface area (Å²) in [5.74, 6) is -1.11. The summed E-state index contributed by atoms with van der Waals surface area (Å²) in [5, 5.41) is 3.08. The van der Waals surface area contributed by atoms with E-state index in [0.29, 0.717) is 22.4 Å². The molecule has 2 aliphatic rings. The van der Waals surface area contributed by atoms with E-state index in [2.05, 4.69) is 10.2 Å². The Morgan fingerprint density at radius 1 is 1.30 bits per heavy atom. The van der Waals surface area contributed by atoms with Gasteiger partial charge in [0, 0.05) is 20.2 Å². The second-order valence-electron chi connectivity index (χ2n) is 5.05. The number of benzene rings is 1. The second kappa shape index (κ2) is 5.07. The van der Waals surface area contributed by atoms with E-state index in [-0.39, 0.29) is 0 Å². The number of carbonyl (C=O) groups is 2. The van der Waals surface area contributed by atoms with Crippen LogP contribution >= 0.6 is 11.6 Å². The number of carbonyl (C=O) groups excluding carboxylic acids is 2. The highest BCUT2D eigenvalue weighted by molar-refractivity contribution is 6.52. The lowest BCUT2D eigenvalue weighted by molar-refractivity contribution is -0.112. The maximum Gasteiger partial charge on any atom is 0.296 e. The molecule has 2 aliphatic heterocycles. The highest BCUT2D eigenvalue weighted by atomic mass is 35.5. The molecule has 1 saturated heterocycles. The standard InChI is InChI=1S/C14H15ClN2O3/c1-20-8-2-4-17(5-3-8)12-7-11-9(6-10(12)15)13(18)14(19)16-11/h6-8H,2-5H2,1H3,(H,16,18,19). The van der Waals surface area contributed by atoms with E-state index in [1.165, 1.54) is 0 Å². The molecule has 1 N–H and O–H groups in total. The first-order valence-corrected chi connectivity index (χ1v) is 6.95. The number of amides is 1. The minimum absolute atomic E-state index is 0.292. The minimum Gasteiger partial charge on any atom is -0.381 e. The number of methoxy groups -OCH3 is 1. The van der Waals surface area contributed by atoms with Crippen LogP contribution in [0.4, 0.5) is 11.4 Å². The van der Waals surface area contributed by atoms with Gasteiger partial charge < -0.3 is 15.0 Å². The fraction of sp³-hybridized carbons (Fsp3) is 0.429. The molecule has 1 fully saturated rings. The van der Waals surface area contributed by atoms with E-state index >= 15 is 0 Å². The second-order valence-corrected chi connectivity index (χ2v) is 5.46. The molecule has 0 spiro atoms. The topological polar surface area (TPSA) is 58.6 Å². The lowest BCUT2D eigenvalue weighted by Gasteiger charge is -2.33. The zero-order valence-electron chi connectivity index (χ0n) is 11.1. The zero-order valence-corrected chi connectivity index (χ0v) is 11.9. The first-order valence-electron chi connectivity index (χ1n) is 6.57. The molecule has 1 aromatic carbocycles. The van der Waals surface area contributed by atoms with Crippen LogP contribution in [0.3, 0.4) is 0 Å². The van der Waals surface area contributed by atoms with Gasteiger partial charge >= 0.3 is 0 Å². The Labute approximate surface area is 121 Å². The zero-order chi connectivity index (χ0) is 14.3. The molecule has 20 heavy (non-hydrogen) atoms. The van der Waals surface area contributed by atoms with Gasteiger partial charge in [-0.15, -0.1) is 0 Å². The van der Waals surface area contributed by atoms with Gasteiger partial charge in [0.15, 0.2) is 0 Å². The van der Waals surface area contributed by atoms with Crippen molar-refractivity contribution in [1.29, 1.82) is 0 Å². The van der Waals surface area contributed by atoms with Gasteiger partial charge in [0.25, 0.3) is 11.7 Å². The van der Waals surface area contributed by atoms with Gasteiger partial charge in [-0.3, -0.25) is 9.59 Å². The van der Waals surface area contributed by atoms with Crippen LogP contribution in [0.1, 0.15) is 23.2 Å². The van der Waals surface area contributed by atoms with Gasteiger partial charge in [0.1, 0.15) is 0 Å². The van der Waals surface area contributed by atoms with Gasteiger partial charge in [0.2, 0.25) is 0 Å². The summed E-state index contributed by atoms with van der Waals surface area (Å²) in [6.07, 6.45) is 2.17. The number of nitrogens with zero attached hydrogens (tertiary/aromatic N) is 1. The molecule has 106 valence electrons. The number of Topliss-reactive ketones (excluding diaryl/α,β-unsaturated/α-hetero) is 1. The van der Waals surface area contributed by atoms with Crippen molar-refractivity contribution in [2.75, 3.05) is 30.4 Å². The fourth-order valence-electron chi connectivity index (χ4n) is 2.73. The molecular weight excluding hydrogens is 280 g/mol. The Bertz CT molecular complexity index is 580. The maximum atomic E-state index is 11.6. The maximum absolute atomic E-state index is 11.6. The largest absolute Gasteiger partial charge is 0.381 e.